The van der Waals surface area contributed by atoms with Gasteiger partial charge in [0.1, 0.15) is 11.9 Å². The molecule has 1 aromatic heterocycles. The molecule has 0 spiro atoms. The van der Waals surface area contributed by atoms with E-state index < -0.39 is 23.3 Å². The van der Waals surface area contributed by atoms with Crippen LogP contribution in [0.5, 0.6) is 0 Å². The molecule has 0 saturated heterocycles. The molecule has 0 bridgehead atoms. The minimum Gasteiger partial charge on any atom is -0.378 e. The molecule has 1 aliphatic heterocycles. The summed E-state index contributed by atoms with van der Waals surface area (Å²) in [6.07, 6.45) is 4.49. The van der Waals surface area contributed by atoms with Crippen LogP contribution in [0.3, 0.4) is 0 Å². The van der Waals surface area contributed by atoms with Crippen LogP contribution in [0, 0.1) is 17.1 Å². The molecule has 7 nitrogen and oxygen atoms in total. The SMILES string of the molecule is [2H]C(Nc1cc(Cl)c2ncc(C#N)c(NC3(C)CC(F)(F)C3)c2c1)(C1=CN(C2CC2)NN1)c1ccc(F)cc1. The zero-order chi connectivity index (χ0) is 27.6. The Bertz CT molecular complexity index is 1530. The van der Waals surface area contributed by atoms with Crippen LogP contribution in [0.1, 0.15) is 51.1 Å². The van der Waals surface area contributed by atoms with Gasteiger partial charge >= 0.3 is 0 Å². The number of hydrogen-bond donors (Lipinski definition) is 4. The number of nitrogens with zero attached hydrogens (tertiary/aromatic N) is 3. The molecule has 0 amide bonds. The highest BCUT2D eigenvalue weighted by atomic mass is 35.5. The fourth-order valence-corrected chi connectivity index (χ4v) is 5.36. The summed E-state index contributed by atoms with van der Waals surface area (Å²) in [6, 6.07) is 9.74. The molecule has 3 aliphatic rings. The van der Waals surface area contributed by atoms with Crippen molar-refractivity contribution in [1.29, 1.82) is 5.26 Å². The molecule has 4 N–H and O–H groups in total. The number of benzene rings is 2. The van der Waals surface area contributed by atoms with Gasteiger partial charge in [0, 0.05) is 47.9 Å². The van der Waals surface area contributed by atoms with Crippen LogP contribution in [0.2, 0.25) is 5.02 Å². The summed E-state index contributed by atoms with van der Waals surface area (Å²) in [5.41, 5.74) is 7.49. The van der Waals surface area contributed by atoms with E-state index in [1.165, 1.54) is 30.5 Å². The average molecular weight is 541 g/mol. The first kappa shape index (κ1) is 23.4. The molecule has 11 heteroatoms. The van der Waals surface area contributed by atoms with Gasteiger partial charge in [-0.1, -0.05) is 23.7 Å². The summed E-state index contributed by atoms with van der Waals surface area (Å²) in [6.45, 7) is 1.68. The molecular formula is C27H25ClF3N7. The zero-order valence-corrected chi connectivity index (χ0v) is 21.1. The number of pyridine rings is 1. The van der Waals surface area contributed by atoms with Crippen LogP contribution < -0.4 is 21.6 Å². The Morgan fingerprint density at radius 2 is 2.00 bits per heavy atom. The van der Waals surface area contributed by atoms with Crippen molar-refractivity contribution in [3.63, 3.8) is 0 Å². The standard InChI is InChI=1S/C27H25ClF3N7/c1-26(13-27(30,31)14-26)35-23-16(10-32)11-33-25-20(23)8-18(9-21(25)28)34-24(15-2-4-17(29)5-3-15)22-12-38(37-36-22)19-6-7-19/h2-5,8-9,11-12,19,24,34,36-37H,6-7,13-14H2,1H3,(H,33,35)/i24D. The Labute approximate surface area is 224 Å². The molecule has 2 saturated carbocycles. The van der Waals surface area contributed by atoms with Gasteiger partial charge in [-0.3, -0.25) is 9.99 Å². The zero-order valence-electron chi connectivity index (χ0n) is 21.4. The van der Waals surface area contributed by atoms with Crippen LogP contribution >= 0.6 is 11.6 Å². The van der Waals surface area contributed by atoms with E-state index in [1.54, 1.807) is 19.1 Å². The van der Waals surface area contributed by atoms with Crippen LogP contribution in [-0.2, 0) is 0 Å². The third-order valence-electron chi connectivity index (χ3n) is 6.97. The molecule has 196 valence electrons. The van der Waals surface area contributed by atoms with Crippen LogP contribution in [0.4, 0.5) is 24.5 Å². The molecular weight excluding hydrogens is 515 g/mol. The lowest BCUT2D eigenvalue weighted by molar-refractivity contribution is -0.109. The maximum atomic E-state index is 13.8. The number of rotatable bonds is 7. The van der Waals surface area contributed by atoms with Gasteiger partial charge in [0.2, 0.25) is 0 Å². The maximum absolute atomic E-state index is 13.8. The second-order valence-corrected chi connectivity index (χ2v) is 10.7. The highest BCUT2D eigenvalue weighted by Gasteiger charge is 2.54. The van der Waals surface area contributed by atoms with E-state index >= 15 is 0 Å². The van der Waals surface area contributed by atoms with E-state index in [2.05, 4.69) is 32.6 Å². The smallest absolute Gasteiger partial charge is 0.252 e. The Kier molecular flexibility index (Phi) is 5.53. The number of halogens is 4. The highest BCUT2D eigenvalue weighted by molar-refractivity contribution is 6.35. The van der Waals surface area contributed by atoms with Crippen molar-refractivity contribution >= 4 is 33.9 Å². The normalized spacial score (nSPS) is 21.4. The quantitative estimate of drug-likeness (QED) is 0.293. The third kappa shape index (κ3) is 4.68. The van der Waals surface area contributed by atoms with Gasteiger partial charge in [-0.25, -0.2) is 13.2 Å². The number of hydrogen-bond acceptors (Lipinski definition) is 7. The Hall–Kier alpha value is -3.68. The fourth-order valence-electron chi connectivity index (χ4n) is 5.09. The lowest BCUT2D eigenvalue weighted by Gasteiger charge is -2.46. The number of anilines is 2. The van der Waals surface area contributed by atoms with Gasteiger partial charge in [0.05, 0.1) is 34.9 Å². The lowest BCUT2D eigenvalue weighted by Crippen LogP contribution is -2.54. The monoisotopic (exact) mass is 540 g/mol. The molecule has 2 fully saturated rings. The summed E-state index contributed by atoms with van der Waals surface area (Å²) in [5.74, 6) is -3.20. The van der Waals surface area contributed by atoms with Crippen molar-refractivity contribution in [1.82, 2.24) is 21.0 Å². The Morgan fingerprint density at radius 3 is 2.66 bits per heavy atom. The second kappa shape index (κ2) is 8.96. The molecule has 0 radical (unpaired) electrons. The molecule has 38 heavy (non-hydrogen) atoms. The van der Waals surface area contributed by atoms with Gasteiger partial charge in [0.15, 0.2) is 0 Å². The molecule has 2 aliphatic carbocycles. The van der Waals surface area contributed by atoms with E-state index in [-0.39, 0.29) is 23.4 Å². The van der Waals surface area contributed by atoms with Gasteiger partial charge in [-0.05, 0) is 49.6 Å². The Balaban J connectivity index is 1.43. The summed E-state index contributed by atoms with van der Waals surface area (Å²) in [5, 5.41) is 18.7. The van der Waals surface area contributed by atoms with Crippen LogP contribution in [0.25, 0.3) is 10.9 Å². The maximum Gasteiger partial charge on any atom is 0.252 e. The van der Waals surface area contributed by atoms with Crippen molar-refractivity contribution in [2.75, 3.05) is 10.6 Å². The summed E-state index contributed by atoms with van der Waals surface area (Å²) in [4.78, 5) is 4.33. The summed E-state index contributed by atoms with van der Waals surface area (Å²) in [7, 11) is 0. The number of fused-ring (bicyclic) bond motifs is 1. The number of nitrogens with one attached hydrogen (secondary N) is 4. The van der Waals surface area contributed by atoms with E-state index in [0.29, 0.717) is 39.6 Å². The van der Waals surface area contributed by atoms with Gasteiger partial charge in [-0.15, -0.1) is 5.53 Å². The van der Waals surface area contributed by atoms with Gasteiger partial charge in [-0.2, -0.15) is 5.26 Å². The first-order valence-corrected chi connectivity index (χ1v) is 12.6. The minimum absolute atomic E-state index is 0.187. The number of hydrazine groups is 2. The van der Waals surface area contributed by atoms with E-state index in [1.807, 2.05) is 11.2 Å². The largest absolute Gasteiger partial charge is 0.378 e. The predicted molar refractivity (Wildman–Crippen MR) is 140 cm³/mol. The first-order chi connectivity index (χ1) is 18.5. The average Bonchev–Trinajstić information content (AvgIpc) is 3.59. The minimum atomic E-state index is -2.77. The number of aromatic nitrogens is 1. The van der Waals surface area contributed by atoms with Crippen molar-refractivity contribution in [2.45, 2.75) is 56.1 Å². The predicted octanol–water partition coefficient (Wildman–Crippen LogP) is 5.98. The van der Waals surface area contributed by atoms with Gasteiger partial charge < -0.3 is 16.1 Å². The van der Waals surface area contributed by atoms with E-state index in [0.717, 1.165) is 12.8 Å². The van der Waals surface area contributed by atoms with Crippen molar-refractivity contribution in [3.05, 3.63) is 76.5 Å². The van der Waals surface area contributed by atoms with E-state index in [9.17, 15) is 19.8 Å². The molecule has 3 aromatic rings. The van der Waals surface area contributed by atoms with Crippen LogP contribution in [0.15, 0.2) is 54.5 Å². The number of alkyl halides is 2. The van der Waals surface area contributed by atoms with Gasteiger partial charge in [0.25, 0.3) is 5.92 Å². The van der Waals surface area contributed by atoms with Crippen molar-refractivity contribution < 1.29 is 14.5 Å². The molecule has 1 atom stereocenters. The van der Waals surface area contributed by atoms with Crippen molar-refractivity contribution in [3.8, 4) is 6.07 Å². The fraction of sp³-hybridized carbons (Fsp3) is 0.333. The molecule has 2 heterocycles. The first-order valence-electron chi connectivity index (χ1n) is 12.7. The number of nitriles is 1. The van der Waals surface area contributed by atoms with E-state index in [4.69, 9.17) is 11.6 Å². The summed E-state index contributed by atoms with van der Waals surface area (Å²) < 4.78 is 50.8. The Morgan fingerprint density at radius 1 is 1.26 bits per heavy atom. The second-order valence-electron chi connectivity index (χ2n) is 10.3. The van der Waals surface area contributed by atoms with Crippen LogP contribution in [-0.4, -0.2) is 27.5 Å². The molecule has 6 rings (SSSR count). The lowest BCUT2D eigenvalue weighted by atomic mass is 9.74. The van der Waals surface area contributed by atoms with Crippen molar-refractivity contribution in [2.24, 2.45) is 0 Å². The topological polar surface area (TPSA) is 88.0 Å². The third-order valence-corrected chi connectivity index (χ3v) is 7.26. The molecule has 1 unspecified atom stereocenters. The highest BCUT2D eigenvalue weighted by Crippen LogP contribution is 2.48. The summed E-state index contributed by atoms with van der Waals surface area (Å²) >= 11 is 6.63. The molecule has 2 aromatic carbocycles.